The summed E-state index contributed by atoms with van der Waals surface area (Å²) in [6.07, 6.45) is 1.94. The van der Waals surface area contributed by atoms with Crippen molar-refractivity contribution in [2.75, 3.05) is 9.80 Å². The number of nitrogens with zero attached hydrogens (tertiary/aromatic N) is 3. The Morgan fingerprint density at radius 1 is 0.639 bits per heavy atom. The zero-order chi connectivity index (χ0) is 40.4. The zero-order valence-electron chi connectivity index (χ0n) is 33.6. The van der Waals surface area contributed by atoms with Crippen LogP contribution in [0.3, 0.4) is 0 Å². The largest absolute Gasteiger partial charge is 0.493 e. The summed E-state index contributed by atoms with van der Waals surface area (Å²) >= 11 is 3.37. The molecule has 3 aromatic heterocycles. The van der Waals surface area contributed by atoms with E-state index in [9.17, 15) is 0 Å². The fraction of sp³-hybridized carbons (Fsp3) is 0.0741. The van der Waals surface area contributed by atoms with Crippen molar-refractivity contribution in [3.05, 3.63) is 194 Å². The maximum absolute atomic E-state index is 6.71. The molecule has 0 aliphatic carbocycles. The number of fused-ring (bicyclic) bond motifs is 4. The Balaban J connectivity index is 0.00000445. The van der Waals surface area contributed by atoms with E-state index in [2.05, 4.69) is 200 Å². The molecule has 61 heavy (non-hydrogen) atoms. The van der Waals surface area contributed by atoms with Crippen LogP contribution in [0.25, 0.3) is 64.5 Å². The maximum atomic E-state index is 6.71. The van der Waals surface area contributed by atoms with Gasteiger partial charge in [-0.25, -0.2) is 0 Å². The van der Waals surface area contributed by atoms with E-state index in [1.807, 2.05) is 18.3 Å². The van der Waals surface area contributed by atoms with Gasteiger partial charge < -0.3 is 14.5 Å². The molecule has 0 spiro atoms. The molecule has 0 saturated carbocycles. The number of pyridine rings is 1. The van der Waals surface area contributed by atoms with Gasteiger partial charge in [-0.05, 0) is 74.7 Å². The molecule has 300 valence electrons. The van der Waals surface area contributed by atoms with Crippen LogP contribution in [0.4, 0.5) is 22.7 Å². The van der Waals surface area contributed by atoms with Crippen molar-refractivity contribution in [3.8, 4) is 44.3 Å². The molecule has 7 heteroatoms. The quantitative estimate of drug-likeness (QED) is 0.149. The van der Waals surface area contributed by atoms with E-state index < -0.39 is 0 Å². The number of hydrogen-bond donors (Lipinski definition) is 0. The molecule has 7 aromatic carbocycles. The topological polar surface area (TPSA) is 28.6 Å². The summed E-state index contributed by atoms with van der Waals surface area (Å²) in [7, 11) is 0. The number of anilines is 4. The predicted octanol–water partition coefficient (Wildman–Crippen LogP) is 15.8. The van der Waals surface area contributed by atoms with E-state index in [1.165, 1.54) is 21.0 Å². The Hall–Kier alpha value is -6.04. The molecule has 1 aliphatic rings. The maximum Gasteiger partial charge on any atom is 0.107 e. The average Bonchev–Trinajstić information content (AvgIpc) is 4.02. The van der Waals surface area contributed by atoms with Crippen LogP contribution in [0.5, 0.6) is 10.8 Å². The number of rotatable bonds is 7. The van der Waals surface area contributed by atoms with Crippen molar-refractivity contribution >= 4 is 76.4 Å². The zero-order valence-corrected chi connectivity index (χ0v) is 37.5. The molecule has 4 heterocycles. The van der Waals surface area contributed by atoms with E-state index in [0.29, 0.717) is 10.8 Å². The molecule has 0 radical (unpaired) electrons. The molecule has 11 rings (SSSR count). The number of benzene rings is 7. The first-order valence-electron chi connectivity index (χ1n) is 20.1. The second kappa shape index (κ2) is 15.8. The summed E-state index contributed by atoms with van der Waals surface area (Å²) in [6, 6.07) is 63.2. The van der Waals surface area contributed by atoms with Gasteiger partial charge in [-0.2, -0.15) is 22.8 Å². The van der Waals surface area contributed by atoms with E-state index in [-0.39, 0.29) is 26.5 Å². The third-order valence-electron chi connectivity index (χ3n) is 11.3. The Morgan fingerprint density at radius 3 is 2.03 bits per heavy atom. The summed E-state index contributed by atoms with van der Waals surface area (Å²) in [5, 5.41) is 7.43. The van der Waals surface area contributed by atoms with Gasteiger partial charge in [0.05, 0.1) is 0 Å². The van der Waals surface area contributed by atoms with Crippen LogP contribution >= 0.6 is 22.7 Å². The summed E-state index contributed by atoms with van der Waals surface area (Å²) < 4.78 is 9.08. The molecule has 0 unspecified atom stereocenters. The van der Waals surface area contributed by atoms with Gasteiger partial charge in [0.25, 0.3) is 0 Å². The number of thiophene rings is 2. The van der Waals surface area contributed by atoms with E-state index in [0.717, 1.165) is 71.7 Å². The number of hydrogen-bond acceptors (Lipinski definition) is 6. The molecule has 10 aromatic rings. The van der Waals surface area contributed by atoms with Crippen molar-refractivity contribution in [1.29, 1.82) is 0 Å². The molecule has 0 fully saturated rings. The van der Waals surface area contributed by atoms with Gasteiger partial charge >= 0.3 is 0 Å². The average molecular weight is 1000 g/mol. The van der Waals surface area contributed by atoms with Gasteiger partial charge in [0.15, 0.2) is 0 Å². The molecule has 0 saturated heterocycles. The molecule has 0 bridgehead atoms. The first-order chi connectivity index (χ1) is 29.4. The van der Waals surface area contributed by atoms with Gasteiger partial charge in [-0.1, -0.05) is 140 Å². The van der Waals surface area contributed by atoms with Crippen molar-refractivity contribution in [3.63, 3.8) is 0 Å². The fourth-order valence-electron chi connectivity index (χ4n) is 8.33. The van der Waals surface area contributed by atoms with E-state index in [4.69, 9.17) is 9.72 Å². The van der Waals surface area contributed by atoms with Crippen molar-refractivity contribution < 1.29 is 25.8 Å². The first-order valence-corrected chi connectivity index (χ1v) is 21.8. The molecule has 0 amide bonds. The van der Waals surface area contributed by atoms with Crippen molar-refractivity contribution in [2.45, 2.75) is 26.2 Å². The van der Waals surface area contributed by atoms with Crippen LogP contribution in [0.15, 0.2) is 169 Å². The van der Waals surface area contributed by atoms with Gasteiger partial charge in [0.2, 0.25) is 0 Å². The molecular formula is C54H38N3OPtS2-3. The SMILES string of the molecule is CC(C)(C)c1ccnc(-c2c3[c-]c(Oc4[c-]c(N5[CH-]N(c6c(-c7ccccc7)cccc6-c6ccccc6)c6ccccc65)ccc4)sc3cc3cc4sccc4cc23)c1.[Pt]. The normalized spacial score (nSPS) is 12.6. The minimum Gasteiger partial charge on any atom is -0.493 e. The van der Waals surface area contributed by atoms with Crippen LogP contribution in [0, 0.1) is 18.8 Å². The van der Waals surface area contributed by atoms with Gasteiger partial charge in [0, 0.05) is 71.6 Å². The van der Waals surface area contributed by atoms with Crippen LogP contribution in [-0.2, 0) is 26.5 Å². The van der Waals surface area contributed by atoms with E-state index in [1.54, 1.807) is 22.7 Å². The Labute approximate surface area is 378 Å². The fourth-order valence-corrected chi connectivity index (χ4v) is 10.1. The van der Waals surface area contributed by atoms with Gasteiger partial charge in [-0.3, -0.25) is 4.98 Å². The minimum atomic E-state index is -0.0186. The standard InChI is InChI=1S/C54H38N3OS2.Pt/c1-54(2,3)39-24-26-55-46(31-39)52-44-28-37-25-27-59-49(37)29-38(44)30-50-45(52)33-51(60-50)58-41-19-12-18-40(32-41)56-34-57(48-23-11-10-22-47(48)56)53-42(35-14-6-4-7-15-35)20-13-21-43(53)36-16-8-5-9-17-36;/h4-31,34H,1-3H3;/q-3;. The number of para-hydroxylation sites is 3. The molecular weight excluding hydrogens is 966 g/mol. The predicted molar refractivity (Wildman–Crippen MR) is 253 cm³/mol. The van der Waals surface area contributed by atoms with Gasteiger partial charge in [0.1, 0.15) is 5.06 Å². The monoisotopic (exact) mass is 1000 g/mol. The third kappa shape index (κ3) is 7.13. The number of aromatic nitrogens is 1. The molecule has 0 atom stereocenters. The van der Waals surface area contributed by atoms with E-state index >= 15 is 0 Å². The summed E-state index contributed by atoms with van der Waals surface area (Å²) in [5.41, 5.74) is 12.0. The van der Waals surface area contributed by atoms with Crippen molar-refractivity contribution in [2.24, 2.45) is 0 Å². The second-order valence-corrected chi connectivity index (χ2v) is 18.1. The number of ether oxygens (including phenoxy) is 1. The van der Waals surface area contributed by atoms with Gasteiger partial charge in [-0.15, -0.1) is 48.0 Å². The second-order valence-electron chi connectivity index (χ2n) is 16.1. The van der Waals surface area contributed by atoms with Crippen LogP contribution < -0.4 is 14.5 Å². The molecule has 0 N–H and O–H groups in total. The Bertz CT molecular complexity index is 3170. The smallest absolute Gasteiger partial charge is 0.107 e. The molecule has 1 aliphatic heterocycles. The first kappa shape index (κ1) is 39.1. The Morgan fingerprint density at radius 2 is 1.31 bits per heavy atom. The van der Waals surface area contributed by atoms with Crippen LogP contribution in [0.1, 0.15) is 26.3 Å². The third-order valence-corrected chi connectivity index (χ3v) is 13.1. The van der Waals surface area contributed by atoms with Crippen LogP contribution in [-0.4, -0.2) is 4.98 Å². The summed E-state index contributed by atoms with van der Waals surface area (Å²) in [6.45, 7) is 8.92. The summed E-state index contributed by atoms with van der Waals surface area (Å²) in [5.74, 6) is 0.619. The van der Waals surface area contributed by atoms with Crippen LogP contribution in [0.2, 0.25) is 0 Å². The molecule has 4 nitrogen and oxygen atoms in total. The van der Waals surface area contributed by atoms with Crippen molar-refractivity contribution in [1.82, 2.24) is 4.98 Å². The Kier molecular flexibility index (Phi) is 10.1. The minimum absolute atomic E-state index is 0. The summed E-state index contributed by atoms with van der Waals surface area (Å²) in [4.78, 5) is 9.48.